The number of hydrogen-bond acceptors (Lipinski definition) is 5. The van der Waals surface area contributed by atoms with Crippen LogP contribution in [0.4, 0.5) is 5.69 Å². The topological polar surface area (TPSA) is 85.4 Å². The number of carbonyl (C=O) groups excluding carboxylic acids is 1. The molecule has 8 heteroatoms. The maximum Gasteiger partial charge on any atom is 0.305 e. The minimum absolute atomic E-state index is 0.0764. The normalized spacial score (nSPS) is 10.9. The van der Waals surface area contributed by atoms with Gasteiger partial charge in [-0.25, -0.2) is 8.42 Å². The van der Waals surface area contributed by atoms with Crippen LogP contribution in [0.25, 0.3) is 10.9 Å². The number of unbranched alkanes of at least 4 members (excludes halogenated alkanes) is 1. The summed E-state index contributed by atoms with van der Waals surface area (Å²) in [5, 5.41) is 1.16. The first-order chi connectivity index (χ1) is 14.4. The third-order valence-electron chi connectivity index (χ3n) is 4.24. The van der Waals surface area contributed by atoms with Crippen LogP contribution in [0.1, 0.15) is 24.8 Å². The molecule has 0 aliphatic carbocycles. The molecule has 0 atom stereocenters. The van der Waals surface area contributed by atoms with Gasteiger partial charge in [0.15, 0.2) is 0 Å². The molecule has 0 bridgehead atoms. The number of aromatic nitrogens is 1. The van der Waals surface area contributed by atoms with E-state index in [1.807, 2.05) is 0 Å². The molecule has 154 valence electrons. The number of ether oxygens (including phenoxy) is 1. The Kier molecular flexibility index (Phi) is 6.93. The largest absolute Gasteiger partial charge is 0.469 e. The SMILES string of the molecule is COC(=O)CCCC#Cc1cc(Cl)ccc1NS(=O)(=O)c1cccc2cccnc12. The van der Waals surface area contributed by atoms with Gasteiger partial charge in [0, 0.05) is 29.4 Å². The van der Waals surface area contributed by atoms with Crippen LogP contribution >= 0.6 is 11.6 Å². The Bertz CT molecular complexity index is 1240. The number of benzene rings is 2. The molecule has 0 aliphatic rings. The van der Waals surface area contributed by atoms with E-state index in [1.165, 1.54) is 13.2 Å². The van der Waals surface area contributed by atoms with Crippen LogP contribution in [-0.4, -0.2) is 26.5 Å². The number of nitrogens with one attached hydrogen (secondary N) is 1. The van der Waals surface area contributed by atoms with Gasteiger partial charge in [-0.1, -0.05) is 41.6 Å². The van der Waals surface area contributed by atoms with Crippen LogP contribution in [0.3, 0.4) is 0 Å². The Labute approximate surface area is 180 Å². The van der Waals surface area contributed by atoms with E-state index in [0.29, 0.717) is 34.6 Å². The average molecular weight is 443 g/mol. The third-order valence-corrected chi connectivity index (χ3v) is 5.88. The van der Waals surface area contributed by atoms with Crippen molar-refractivity contribution in [3.05, 3.63) is 65.3 Å². The fourth-order valence-corrected chi connectivity index (χ4v) is 4.21. The fourth-order valence-electron chi connectivity index (χ4n) is 2.78. The van der Waals surface area contributed by atoms with Crippen LogP contribution in [0.15, 0.2) is 59.6 Å². The monoisotopic (exact) mass is 442 g/mol. The first-order valence-corrected chi connectivity index (χ1v) is 11.0. The van der Waals surface area contributed by atoms with E-state index in [-0.39, 0.29) is 17.3 Å². The van der Waals surface area contributed by atoms with E-state index in [4.69, 9.17) is 11.6 Å². The summed E-state index contributed by atoms with van der Waals surface area (Å²) in [5.41, 5.74) is 1.14. The number of esters is 1. The Balaban J connectivity index is 1.87. The van der Waals surface area contributed by atoms with Gasteiger partial charge in [0.1, 0.15) is 4.90 Å². The molecule has 0 radical (unpaired) electrons. The summed E-state index contributed by atoms with van der Waals surface area (Å²) in [6.45, 7) is 0. The summed E-state index contributed by atoms with van der Waals surface area (Å²) in [7, 11) is -2.57. The zero-order valence-corrected chi connectivity index (χ0v) is 17.8. The number of para-hydroxylation sites is 1. The Hall–Kier alpha value is -3.08. The van der Waals surface area contributed by atoms with Crippen molar-refractivity contribution in [2.75, 3.05) is 11.8 Å². The molecule has 3 rings (SSSR count). The summed E-state index contributed by atoms with van der Waals surface area (Å²) in [6.07, 6.45) is 2.83. The summed E-state index contributed by atoms with van der Waals surface area (Å²) >= 11 is 6.07. The predicted molar refractivity (Wildman–Crippen MR) is 117 cm³/mol. The van der Waals surface area contributed by atoms with Crippen molar-refractivity contribution in [3.63, 3.8) is 0 Å². The second kappa shape index (κ2) is 9.61. The highest BCUT2D eigenvalue weighted by molar-refractivity contribution is 7.93. The van der Waals surface area contributed by atoms with Gasteiger partial charge in [0.25, 0.3) is 10.0 Å². The molecule has 0 amide bonds. The van der Waals surface area contributed by atoms with E-state index in [0.717, 1.165) is 5.39 Å². The molecule has 0 saturated carbocycles. The number of hydrogen-bond donors (Lipinski definition) is 1. The molecule has 0 spiro atoms. The van der Waals surface area contributed by atoms with Gasteiger partial charge in [-0.2, -0.15) is 0 Å². The Morgan fingerprint density at radius 3 is 2.80 bits per heavy atom. The molecule has 30 heavy (non-hydrogen) atoms. The van der Waals surface area contributed by atoms with Crippen molar-refractivity contribution in [2.45, 2.75) is 24.2 Å². The number of carbonyl (C=O) groups is 1. The highest BCUT2D eigenvalue weighted by Gasteiger charge is 2.19. The minimum atomic E-state index is -3.91. The molecule has 1 aromatic heterocycles. The first-order valence-electron chi connectivity index (χ1n) is 9.12. The summed E-state index contributed by atoms with van der Waals surface area (Å²) in [4.78, 5) is 15.4. The molecule has 0 aliphatic heterocycles. The van der Waals surface area contributed by atoms with Gasteiger partial charge in [-0.15, -0.1) is 0 Å². The zero-order chi connectivity index (χ0) is 21.6. The maximum absolute atomic E-state index is 13.1. The van der Waals surface area contributed by atoms with Gasteiger partial charge in [-0.05, 0) is 36.8 Å². The molecule has 1 heterocycles. The quantitative estimate of drug-likeness (QED) is 0.348. The number of anilines is 1. The van der Waals surface area contributed by atoms with Crippen molar-refractivity contribution in [1.29, 1.82) is 0 Å². The fraction of sp³-hybridized carbons (Fsp3) is 0.182. The summed E-state index contributed by atoms with van der Waals surface area (Å²) in [6, 6.07) is 13.3. The maximum atomic E-state index is 13.1. The predicted octanol–water partition coefficient (Wildman–Crippen LogP) is 4.38. The number of methoxy groups -OCH3 is 1. The molecule has 0 fully saturated rings. The molecule has 6 nitrogen and oxygen atoms in total. The van der Waals surface area contributed by atoms with Crippen LogP contribution in [0, 0.1) is 11.8 Å². The second-order valence-electron chi connectivity index (χ2n) is 6.36. The van der Waals surface area contributed by atoms with E-state index in [9.17, 15) is 13.2 Å². The van der Waals surface area contributed by atoms with Crippen LogP contribution in [0.5, 0.6) is 0 Å². The summed E-state index contributed by atoms with van der Waals surface area (Å²) in [5.74, 6) is 5.57. The minimum Gasteiger partial charge on any atom is -0.469 e. The van der Waals surface area contributed by atoms with E-state index in [2.05, 4.69) is 26.3 Å². The van der Waals surface area contributed by atoms with E-state index < -0.39 is 10.0 Å². The number of nitrogens with zero attached hydrogens (tertiary/aromatic N) is 1. The number of pyridine rings is 1. The Morgan fingerprint density at radius 1 is 1.20 bits per heavy atom. The third kappa shape index (κ3) is 5.29. The van der Waals surface area contributed by atoms with Gasteiger partial charge in [0.2, 0.25) is 0 Å². The standard InChI is InChI=1S/C22H19ClN2O4S/c1-29-21(26)11-4-2-3-7-17-15-18(23)12-13-19(17)25-30(27,28)20-10-5-8-16-9-6-14-24-22(16)20/h5-6,8-10,12-15,25H,2,4,11H2,1H3. The van der Waals surface area contributed by atoms with Crippen LogP contribution in [0.2, 0.25) is 5.02 Å². The molecule has 2 aromatic carbocycles. The number of rotatable bonds is 6. The Morgan fingerprint density at radius 2 is 2.00 bits per heavy atom. The zero-order valence-electron chi connectivity index (χ0n) is 16.2. The first kappa shape index (κ1) is 21.6. The van der Waals surface area contributed by atoms with Gasteiger partial charge in [-0.3, -0.25) is 14.5 Å². The van der Waals surface area contributed by atoms with Gasteiger partial charge in [0.05, 0.1) is 23.9 Å². The lowest BCUT2D eigenvalue weighted by Gasteiger charge is -2.12. The van der Waals surface area contributed by atoms with Crippen molar-refractivity contribution in [1.82, 2.24) is 4.98 Å². The van der Waals surface area contributed by atoms with Gasteiger partial charge < -0.3 is 4.74 Å². The van der Waals surface area contributed by atoms with Crippen molar-refractivity contribution in [3.8, 4) is 11.8 Å². The molecular formula is C22H19ClN2O4S. The average Bonchev–Trinajstić information content (AvgIpc) is 2.74. The molecule has 3 aromatic rings. The van der Waals surface area contributed by atoms with Crippen molar-refractivity contribution >= 4 is 44.2 Å². The van der Waals surface area contributed by atoms with Gasteiger partial charge >= 0.3 is 5.97 Å². The second-order valence-corrected chi connectivity index (χ2v) is 8.45. The highest BCUT2D eigenvalue weighted by Crippen LogP contribution is 2.26. The number of halogens is 1. The lowest BCUT2D eigenvalue weighted by Crippen LogP contribution is -2.14. The smallest absolute Gasteiger partial charge is 0.305 e. The number of sulfonamides is 1. The molecule has 1 N–H and O–H groups in total. The molecular weight excluding hydrogens is 424 g/mol. The lowest BCUT2D eigenvalue weighted by atomic mass is 10.1. The highest BCUT2D eigenvalue weighted by atomic mass is 35.5. The van der Waals surface area contributed by atoms with Crippen LogP contribution < -0.4 is 4.72 Å². The van der Waals surface area contributed by atoms with Crippen molar-refractivity contribution in [2.24, 2.45) is 0 Å². The summed E-state index contributed by atoms with van der Waals surface area (Å²) < 4.78 is 33.3. The molecule has 0 unspecified atom stereocenters. The number of fused-ring (bicyclic) bond motifs is 1. The van der Waals surface area contributed by atoms with Crippen LogP contribution in [-0.2, 0) is 19.6 Å². The van der Waals surface area contributed by atoms with Crippen molar-refractivity contribution < 1.29 is 17.9 Å². The molecule has 0 saturated heterocycles. The lowest BCUT2D eigenvalue weighted by molar-refractivity contribution is -0.140. The van der Waals surface area contributed by atoms with E-state index >= 15 is 0 Å². The van der Waals surface area contributed by atoms with E-state index in [1.54, 1.807) is 48.7 Å².